The second kappa shape index (κ2) is 7.51. The molecule has 0 amide bonds. The van der Waals surface area contributed by atoms with Crippen molar-refractivity contribution in [2.45, 2.75) is 26.8 Å². The minimum atomic E-state index is 0.224. The summed E-state index contributed by atoms with van der Waals surface area (Å²) in [6.45, 7) is 7.19. The van der Waals surface area contributed by atoms with Crippen LogP contribution in [0.3, 0.4) is 0 Å². The first-order valence-corrected chi connectivity index (χ1v) is 8.09. The van der Waals surface area contributed by atoms with Gasteiger partial charge in [-0.05, 0) is 42.7 Å². The van der Waals surface area contributed by atoms with E-state index in [0.717, 1.165) is 22.5 Å². The van der Waals surface area contributed by atoms with Crippen LogP contribution in [0.4, 0.5) is 5.69 Å². The zero-order valence-corrected chi connectivity index (χ0v) is 14.4. The van der Waals surface area contributed by atoms with Gasteiger partial charge in [-0.15, -0.1) is 0 Å². The third kappa shape index (κ3) is 4.78. The molecular formula is C18H22BrNO. The Balaban J connectivity index is 2.09. The highest BCUT2D eigenvalue weighted by Gasteiger charge is 2.09. The average Bonchev–Trinajstić information content (AvgIpc) is 2.47. The number of ether oxygens (including phenoxy) is 1. The third-order valence-corrected chi connectivity index (χ3v) is 3.73. The number of benzene rings is 2. The molecule has 0 fully saturated rings. The lowest BCUT2D eigenvalue weighted by Crippen LogP contribution is -2.10. The molecule has 2 aromatic carbocycles. The first-order valence-electron chi connectivity index (χ1n) is 7.30. The van der Waals surface area contributed by atoms with Crippen molar-refractivity contribution in [2.24, 2.45) is 5.92 Å². The molecule has 3 heteroatoms. The molecule has 2 aromatic rings. The molecule has 0 saturated heterocycles. The van der Waals surface area contributed by atoms with Gasteiger partial charge in [-0.1, -0.05) is 54.0 Å². The molecule has 0 aliphatic carbocycles. The minimum absolute atomic E-state index is 0.224. The standard InChI is InChI=1S/C18H22BrNO/c1-13(2)12-21-18-7-5-4-6-17(18)20-14(3)15-8-10-16(19)11-9-15/h4-11,13-14,20H,12H2,1-3H3. The van der Waals surface area contributed by atoms with Crippen LogP contribution in [0.5, 0.6) is 5.75 Å². The SMILES string of the molecule is CC(C)COc1ccccc1NC(C)c1ccc(Br)cc1. The topological polar surface area (TPSA) is 21.3 Å². The fourth-order valence-electron chi connectivity index (χ4n) is 2.04. The molecule has 21 heavy (non-hydrogen) atoms. The van der Waals surface area contributed by atoms with Crippen molar-refractivity contribution in [2.75, 3.05) is 11.9 Å². The quantitative estimate of drug-likeness (QED) is 0.728. The van der Waals surface area contributed by atoms with Crippen molar-refractivity contribution < 1.29 is 4.74 Å². The molecule has 0 aromatic heterocycles. The van der Waals surface area contributed by atoms with Crippen LogP contribution in [0, 0.1) is 5.92 Å². The van der Waals surface area contributed by atoms with Crippen molar-refractivity contribution >= 4 is 21.6 Å². The van der Waals surface area contributed by atoms with E-state index in [4.69, 9.17) is 4.74 Å². The maximum absolute atomic E-state index is 5.88. The zero-order chi connectivity index (χ0) is 15.2. The molecule has 2 nitrogen and oxygen atoms in total. The summed E-state index contributed by atoms with van der Waals surface area (Å²) in [5, 5.41) is 3.53. The molecular weight excluding hydrogens is 326 g/mol. The Morgan fingerprint density at radius 1 is 1.00 bits per heavy atom. The molecule has 0 saturated carbocycles. The monoisotopic (exact) mass is 347 g/mol. The average molecular weight is 348 g/mol. The van der Waals surface area contributed by atoms with E-state index in [1.807, 2.05) is 18.2 Å². The normalized spacial score (nSPS) is 12.2. The Bertz CT molecular complexity index is 566. The molecule has 1 atom stereocenters. The van der Waals surface area contributed by atoms with Crippen LogP contribution in [0.2, 0.25) is 0 Å². The summed E-state index contributed by atoms with van der Waals surface area (Å²) in [6.07, 6.45) is 0. The van der Waals surface area contributed by atoms with Gasteiger partial charge in [0.25, 0.3) is 0 Å². The predicted molar refractivity (Wildman–Crippen MR) is 93.0 cm³/mol. The van der Waals surface area contributed by atoms with Crippen molar-refractivity contribution in [3.05, 3.63) is 58.6 Å². The number of anilines is 1. The van der Waals surface area contributed by atoms with Gasteiger partial charge in [-0.2, -0.15) is 0 Å². The molecule has 112 valence electrons. The minimum Gasteiger partial charge on any atom is -0.491 e. The van der Waals surface area contributed by atoms with Gasteiger partial charge in [-0.3, -0.25) is 0 Å². The Morgan fingerprint density at radius 2 is 1.67 bits per heavy atom. The summed E-state index contributed by atoms with van der Waals surface area (Å²) in [5.74, 6) is 1.43. The number of rotatable bonds is 6. The highest BCUT2D eigenvalue weighted by atomic mass is 79.9. The number of nitrogens with one attached hydrogen (secondary N) is 1. The van der Waals surface area contributed by atoms with E-state index in [-0.39, 0.29) is 6.04 Å². The van der Waals surface area contributed by atoms with Gasteiger partial charge in [0.05, 0.1) is 12.3 Å². The fraction of sp³-hybridized carbons (Fsp3) is 0.333. The van der Waals surface area contributed by atoms with Crippen LogP contribution in [-0.4, -0.2) is 6.61 Å². The molecule has 0 radical (unpaired) electrons. The second-order valence-electron chi connectivity index (χ2n) is 5.62. The summed E-state index contributed by atoms with van der Waals surface area (Å²) in [7, 11) is 0. The van der Waals surface area contributed by atoms with Crippen LogP contribution >= 0.6 is 15.9 Å². The van der Waals surface area contributed by atoms with Gasteiger partial charge in [-0.25, -0.2) is 0 Å². The van der Waals surface area contributed by atoms with E-state index in [9.17, 15) is 0 Å². The van der Waals surface area contributed by atoms with Crippen LogP contribution in [-0.2, 0) is 0 Å². The van der Waals surface area contributed by atoms with Crippen LogP contribution < -0.4 is 10.1 Å². The smallest absolute Gasteiger partial charge is 0.142 e. The van der Waals surface area contributed by atoms with Gasteiger partial charge in [0.1, 0.15) is 5.75 Å². The molecule has 0 aliphatic rings. The Kier molecular flexibility index (Phi) is 5.68. The lowest BCUT2D eigenvalue weighted by molar-refractivity contribution is 0.272. The highest BCUT2D eigenvalue weighted by molar-refractivity contribution is 9.10. The van der Waals surface area contributed by atoms with Gasteiger partial charge in [0.2, 0.25) is 0 Å². The van der Waals surface area contributed by atoms with E-state index in [1.54, 1.807) is 0 Å². The van der Waals surface area contributed by atoms with E-state index >= 15 is 0 Å². The summed E-state index contributed by atoms with van der Waals surface area (Å²) in [6, 6.07) is 16.7. The number of halogens is 1. The summed E-state index contributed by atoms with van der Waals surface area (Å²) >= 11 is 3.47. The lowest BCUT2D eigenvalue weighted by atomic mass is 10.1. The lowest BCUT2D eigenvalue weighted by Gasteiger charge is -2.19. The van der Waals surface area contributed by atoms with Crippen LogP contribution in [0.15, 0.2) is 53.0 Å². The summed E-state index contributed by atoms with van der Waals surface area (Å²) in [4.78, 5) is 0. The summed E-state index contributed by atoms with van der Waals surface area (Å²) < 4.78 is 6.98. The molecule has 0 bridgehead atoms. The van der Waals surface area contributed by atoms with Gasteiger partial charge in [0.15, 0.2) is 0 Å². The fourth-order valence-corrected chi connectivity index (χ4v) is 2.30. The Morgan fingerprint density at radius 3 is 2.33 bits per heavy atom. The highest BCUT2D eigenvalue weighted by Crippen LogP contribution is 2.28. The predicted octanol–water partition coefficient (Wildman–Crippen LogP) is 5.66. The maximum atomic E-state index is 5.88. The van der Waals surface area contributed by atoms with Gasteiger partial charge >= 0.3 is 0 Å². The van der Waals surface area contributed by atoms with Crippen molar-refractivity contribution in [1.82, 2.24) is 0 Å². The van der Waals surface area contributed by atoms with Crippen LogP contribution in [0.25, 0.3) is 0 Å². The third-order valence-electron chi connectivity index (χ3n) is 3.20. The maximum Gasteiger partial charge on any atom is 0.142 e. The van der Waals surface area contributed by atoms with E-state index in [0.29, 0.717) is 5.92 Å². The van der Waals surface area contributed by atoms with Crippen molar-refractivity contribution in [3.8, 4) is 5.75 Å². The van der Waals surface area contributed by atoms with E-state index < -0.39 is 0 Å². The van der Waals surface area contributed by atoms with Crippen molar-refractivity contribution in [3.63, 3.8) is 0 Å². The van der Waals surface area contributed by atoms with Crippen LogP contribution in [0.1, 0.15) is 32.4 Å². The van der Waals surface area contributed by atoms with Gasteiger partial charge < -0.3 is 10.1 Å². The van der Waals surface area contributed by atoms with E-state index in [2.05, 4.69) is 72.3 Å². The van der Waals surface area contributed by atoms with Crippen molar-refractivity contribution in [1.29, 1.82) is 0 Å². The summed E-state index contributed by atoms with van der Waals surface area (Å²) in [5.41, 5.74) is 2.28. The Labute approximate surface area is 135 Å². The molecule has 0 aliphatic heterocycles. The van der Waals surface area contributed by atoms with Gasteiger partial charge in [0, 0.05) is 10.5 Å². The van der Waals surface area contributed by atoms with E-state index in [1.165, 1.54) is 5.56 Å². The molecule has 1 N–H and O–H groups in total. The zero-order valence-electron chi connectivity index (χ0n) is 12.8. The number of para-hydroxylation sites is 2. The molecule has 0 spiro atoms. The molecule has 0 heterocycles. The largest absolute Gasteiger partial charge is 0.491 e. The first-order chi connectivity index (χ1) is 10.1. The second-order valence-corrected chi connectivity index (χ2v) is 6.53. The Hall–Kier alpha value is -1.48. The number of hydrogen-bond acceptors (Lipinski definition) is 2. The number of hydrogen-bond donors (Lipinski definition) is 1. The molecule has 1 unspecified atom stereocenters. The molecule has 2 rings (SSSR count). The first kappa shape index (κ1) is 15.9.